The highest BCUT2D eigenvalue weighted by atomic mass is 35.5. The highest BCUT2D eigenvalue weighted by Gasteiger charge is 2.34. The molecule has 1 aliphatic rings. The molecular formula is C35H31Cl2N3O6S. The number of aromatic nitrogens is 2. The van der Waals surface area contributed by atoms with Gasteiger partial charge in [-0.1, -0.05) is 58.8 Å². The van der Waals surface area contributed by atoms with Crippen LogP contribution in [-0.2, 0) is 16.1 Å². The van der Waals surface area contributed by atoms with Gasteiger partial charge in [-0.25, -0.2) is 9.79 Å². The number of esters is 1. The first-order valence-corrected chi connectivity index (χ1v) is 16.3. The van der Waals surface area contributed by atoms with Crippen molar-refractivity contribution in [3.8, 4) is 17.2 Å². The van der Waals surface area contributed by atoms with Crippen molar-refractivity contribution in [2.75, 3.05) is 27.9 Å². The first-order valence-electron chi connectivity index (χ1n) is 14.7. The second-order valence-electron chi connectivity index (χ2n) is 10.7. The number of ether oxygens (including phenoxy) is 4. The molecular weight excluding hydrogens is 661 g/mol. The zero-order valence-corrected chi connectivity index (χ0v) is 28.6. The van der Waals surface area contributed by atoms with Crippen molar-refractivity contribution in [2.45, 2.75) is 26.4 Å². The van der Waals surface area contributed by atoms with E-state index in [0.717, 1.165) is 22.0 Å². The highest BCUT2D eigenvalue weighted by molar-refractivity contribution is 7.07. The van der Waals surface area contributed by atoms with Gasteiger partial charge in [0.2, 0.25) is 5.75 Å². The minimum absolute atomic E-state index is 0.160. The molecule has 3 aromatic carbocycles. The standard InChI is InChI=1S/C35H31Cl2N3O6S/c1-6-46-34(42)30-19(2)38-35-40(31(30)21-13-27(43-3)32(45-5)28(14-21)44-4)33(41)29(47-35)15-22-18-39(26-10-8-7-9-24(22)26)17-20-11-12-23(36)16-25(20)37/h7-16,18,31H,6,17H2,1-5H3/b29-15-/t31-/m1/s1. The average Bonchev–Trinajstić information content (AvgIpc) is 3.56. The number of para-hydroxylation sites is 1. The quantitative estimate of drug-likeness (QED) is 0.173. The summed E-state index contributed by atoms with van der Waals surface area (Å²) in [6.07, 6.45) is 3.86. The molecule has 3 heterocycles. The predicted molar refractivity (Wildman–Crippen MR) is 184 cm³/mol. The summed E-state index contributed by atoms with van der Waals surface area (Å²) in [7, 11) is 4.53. The summed E-state index contributed by atoms with van der Waals surface area (Å²) >= 11 is 13.9. The van der Waals surface area contributed by atoms with Crippen LogP contribution in [-0.4, -0.2) is 43.0 Å². The van der Waals surface area contributed by atoms with Crippen LogP contribution in [0.1, 0.15) is 36.6 Å². The van der Waals surface area contributed by atoms with Crippen LogP contribution in [0.25, 0.3) is 17.0 Å². The number of hydrogen-bond acceptors (Lipinski definition) is 8. The molecule has 0 N–H and O–H groups in total. The zero-order valence-electron chi connectivity index (χ0n) is 26.3. The lowest BCUT2D eigenvalue weighted by molar-refractivity contribution is -0.139. The number of carbonyl (C=O) groups excluding carboxylic acids is 1. The van der Waals surface area contributed by atoms with Crippen LogP contribution in [0.5, 0.6) is 17.2 Å². The summed E-state index contributed by atoms with van der Waals surface area (Å²) in [5.74, 6) is 0.595. The fraction of sp³-hybridized carbons (Fsp3) is 0.229. The fourth-order valence-corrected chi connectivity index (χ4v) is 7.37. The van der Waals surface area contributed by atoms with E-state index in [0.29, 0.717) is 54.4 Å². The van der Waals surface area contributed by atoms with E-state index >= 15 is 0 Å². The Morgan fingerprint density at radius 1 is 1.02 bits per heavy atom. The Kier molecular flexibility index (Phi) is 9.18. The molecule has 12 heteroatoms. The second-order valence-corrected chi connectivity index (χ2v) is 12.6. The topological polar surface area (TPSA) is 93.3 Å². The lowest BCUT2D eigenvalue weighted by Crippen LogP contribution is -2.40. The van der Waals surface area contributed by atoms with E-state index in [-0.39, 0.29) is 17.7 Å². The van der Waals surface area contributed by atoms with Crippen LogP contribution in [0.15, 0.2) is 81.9 Å². The van der Waals surface area contributed by atoms with Crippen molar-refractivity contribution in [1.82, 2.24) is 9.13 Å². The third-order valence-corrected chi connectivity index (χ3v) is 9.55. The number of hydrogen-bond donors (Lipinski definition) is 0. The van der Waals surface area contributed by atoms with Crippen molar-refractivity contribution in [3.05, 3.63) is 118 Å². The summed E-state index contributed by atoms with van der Waals surface area (Å²) < 4.78 is 26.3. The van der Waals surface area contributed by atoms with Gasteiger partial charge in [-0.2, -0.15) is 0 Å². The van der Waals surface area contributed by atoms with Gasteiger partial charge in [0.15, 0.2) is 16.3 Å². The predicted octanol–water partition coefficient (Wildman–Crippen LogP) is 6.13. The molecule has 5 aromatic rings. The third kappa shape index (κ3) is 5.93. The Labute approximate surface area is 284 Å². The summed E-state index contributed by atoms with van der Waals surface area (Å²) in [6.45, 7) is 4.14. The number of nitrogens with zero attached hydrogens (tertiary/aromatic N) is 3. The lowest BCUT2D eigenvalue weighted by atomic mass is 9.95. The third-order valence-electron chi connectivity index (χ3n) is 7.98. The van der Waals surface area contributed by atoms with E-state index in [4.69, 9.17) is 47.1 Å². The van der Waals surface area contributed by atoms with Gasteiger partial charge in [0, 0.05) is 39.3 Å². The van der Waals surface area contributed by atoms with E-state index in [1.165, 1.54) is 37.2 Å². The van der Waals surface area contributed by atoms with Crippen LogP contribution in [0.3, 0.4) is 0 Å². The SMILES string of the molecule is CCOC(=O)C1=C(C)N=c2s/c(=C\c3cn(Cc4ccc(Cl)cc4Cl)c4ccccc34)c(=O)n2[C@@H]1c1cc(OC)c(OC)c(OC)c1. The molecule has 0 fully saturated rings. The summed E-state index contributed by atoms with van der Waals surface area (Å²) in [5.41, 5.74) is 3.70. The van der Waals surface area contributed by atoms with Crippen LogP contribution < -0.4 is 29.1 Å². The molecule has 0 radical (unpaired) electrons. The molecule has 242 valence electrons. The number of halogens is 2. The van der Waals surface area contributed by atoms with E-state index in [9.17, 15) is 9.59 Å². The van der Waals surface area contributed by atoms with Gasteiger partial charge in [0.05, 0.1) is 49.8 Å². The summed E-state index contributed by atoms with van der Waals surface area (Å²) in [5, 5.41) is 2.11. The summed E-state index contributed by atoms with van der Waals surface area (Å²) in [6, 6.07) is 16.0. The van der Waals surface area contributed by atoms with Crippen molar-refractivity contribution in [2.24, 2.45) is 4.99 Å². The molecule has 0 bridgehead atoms. The molecule has 0 saturated heterocycles. The Balaban J connectivity index is 1.54. The minimum atomic E-state index is -0.866. The first kappa shape index (κ1) is 32.4. The number of thiazole rings is 1. The number of benzene rings is 3. The monoisotopic (exact) mass is 691 g/mol. The Hall–Kier alpha value is -4.51. The van der Waals surface area contributed by atoms with Crippen LogP contribution in [0, 0.1) is 0 Å². The van der Waals surface area contributed by atoms with Crippen LogP contribution in [0.2, 0.25) is 10.0 Å². The van der Waals surface area contributed by atoms with Gasteiger partial charge < -0.3 is 23.5 Å². The molecule has 0 unspecified atom stereocenters. The maximum absolute atomic E-state index is 14.4. The van der Waals surface area contributed by atoms with Crippen molar-refractivity contribution in [1.29, 1.82) is 0 Å². The zero-order chi connectivity index (χ0) is 33.4. The number of methoxy groups -OCH3 is 3. The van der Waals surface area contributed by atoms with Crippen molar-refractivity contribution < 1.29 is 23.7 Å². The number of allylic oxidation sites excluding steroid dienone is 1. The molecule has 1 atom stereocenters. The highest BCUT2D eigenvalue weighted by Crippen LogP contribution is 2.42. The number of carbonyl (C=O) groups is 1. The average molecular weight is 693 g/mol. The molecule has 0 saturated carbocycles. The molecule has 2 aromatic heterocycles. The smallest absolute Gasteiger partial charge is 0.338 e. The van der Waals surface area contributed by atoms with Gasteiger partial charge in [-0.05, 0) is 61.4 Å². The first-order chi connectivity index (χ1) is 22.7. The number of fused-ring (bicyclic) bond motifs is 2. The second kappa shape index (κ2) is 13.3. The molecule has 6 rings (SSSR count). The van der Waals surface area contributed by atoms with E-state index in [1.807, 2.05) is 48.7 Å². The molecule has 47 heavy (non-hydrogen) atoms. The minimum Gasteiger partial charge on any atom is -0.493 e. The molecule has 0 spiro atoms. The van der Waals surface area contributed by atoms with Crippen LogP contribution in [0.4, 0.5) is 0 Å². The molecule has 0 aliphatic carbocycles. The van der Waals surface area contributed by atoms with E-state index in [1.54, 1.807) is 32.0 Å². The largest absolute Gasteiger partial charge is 0.493 e. The number of rotatable bonds is 9. The van der Waals surface area contributed by atoms with Crippen molar-refractivity contribution in [3.63, 3.8) is 0 Å². The van der Waals surface area contributed by atoms with Gasteiger partial charge in [0.25, 0.3) is 5.56 Å². The van der Waals surface area contributed by atoms with Gasteiger partial charge in [-0.15, -0.1) is 0 Å². The molecule has 0 amide bonds. The summed E-state index contributed by atoms with van der Waals surface area (Å²) in [4.78, 5) is 32.9. The van der Waals surface area contributed by atoms with E-state index < -0.39 is 12.0 Å². The van der Waals surface area contributed by atoms with Gasteiger partial charge >= 0.3 is 5.97 Å². The Morgan fingerprint density at radius 3 is 2.40 bits per heavy atom. The molecule has 1 aliphatic heterocycles. The van der Waals surface area contributed by atoms with Crippen LogP contribution >= 0.6 is 34.5 Å². The lowest BCUT2D eigenvalue weighted by Gasteiger charge is -2.26. The van der Waals surface area contributed by atoms with Gasteiger partial charge in [0.1, 0.15) is 0 Å². The maximum atomic E-state index is 14.4. The maximum Gasteiger partial charge on any atom is 0.338 e. The Bertz CT molecular complexity index is 2230. The van der Waals surface area contributed by atoms with Crippen molar-refractivity contribution >= 4 is 57.5 Å². The van der Waals surface area contributed by atoms with E-state index in [2.05, 4.69) is 4.57 Å². The fourth-order valence-electron chi connectivity index (χ4n) is 5.86. The Morgan fingerprint density at radius 2 is 1.74 bits per heavy atom. The normalized spacial score (nSPS) is 14.6. The molecule has 9 nitrogen and oxygen atoms in total. The van der Waals surface area contributed by atoms with Gasteiger partial charge in [-0.3, -0.25) is 9.36 Å².